The molecule has 0 aliphatic heterocycles. The van der Waals surface area contributed by atoms with Crippen molar-refractivity contribution in [2.24, 2.45) is 0 Å². The minimum absolute atomic E-state index is 0.111. The fraction of sp³-hybridized carbons (Fsp3) is 0.118. The number of sulfonamides is 1. The number of carbonyl (C=O) groups excluding carboxylic acids is 1. The molecule has 2 aromatic carbocycles. The average Bonchev–Trinajstić information content (AvgIpc) is 3.08. The first kappa shape index (κ1) is 18.0. The minimum atomic E-state index is -3.88. The van der Waals surface area contributed by atoms with E-state index in [2.05, 4.69) is 20.2 Å². The van der Waals surface area contributed by atoms with Crippen molar-refractivity contribution in [2.75, 3.05) is 10.0 Å². The van der Waals surface area contributed by atoms with Gasteiger partial charge >= 0.3 is 0 Å². The maximum absolute atomic E-state index is 12.5. The number of rotatable bonds is 5. The molecule has 0 saturated carbocycles. The smallest absolute Gasteiger partial charge is 0.291 e. The van der Waals surface area contributed by atoms with Crippen LogP contribution in [0, 0.1) is 13.8 Å². The van der Waals surface area contributed by atoms with Crippen LogP contribution in [0.25, 0.3) is 0 Å². The van der Waals surface area contributed by atoms with E-state index in [1.807, 2.05) is 26.0 Å². The molecule has 0 aliphatic rings. The predicted molar refractivity (Wildman–Crippen MR) is 101 cm³/mol. The van der Waals surface area contributed by atoms with Crippen LogP contribution in [0.15, 0.2) is 52.9 Å². The van der Waals surface area contributed by atoms with E-state index in [4.69, 9.17) is 0 Å². The highest BCUT2D eigenvalue weighted by Gasteiger charge is 2.22. The van der Waals surface area contributed by atoms with Gasteiger partial charge in [0.15, 0.2) is 0 Å². The zero-order valence-electron chi connectivity index (χ0n) is 14.1. The lowest BCUT2D eigenvalue weighted by Gasteiger charge is -2.08. The van der Waals surface area contributed by atoms with E-state index in [-0.39, 0.29) is 15.4 Å². The highest BCUT2D eigenvalue weighted by atomic mass is 32.2. The molecular formula is C17H16N4O3S2. The monoisotopic (exact) mass is 388 g/mol. The molecule has 3 rings (SSSR count). The Morgan fingerprint density at radius 3 is 2.46 bits per heavy atom. The van der Waals surface area contributed by atoms with E-state index < -0.39 is 10.0 Å². The van der Waals surface area contributed by atoms with Crippen molar-refractivity contribution in [1.29, 1.82) is 0 Å². The second-order valence-electron chi connectivity index (χ2n) is 5.62. The Morgan fingerprint density at radius 1 is 1.04 bits per heavy atom. The van der Waals surface area contributed by atoms with Crippen LogP contribution in [0.1, 0.15) is 21.5 Å². The molecule has 1 amide bonds. The van der Waals surface area contributed by atoms with Gasteiger partial charge in [0.05, 0.1) is 5.69 Å². The van der Waals surface area contributed by atoms with Crippen molar-refractivity contribution in [3.8, 4) is 0 Å². The number of nitrogens with zero attached hydrogens (tertiary/aromatic N) is 2. The van der Waals surface area contributed by atoms with Crippen molar-refractivity contribution in [3.05, 3.63) is 65.2 Å². The van der Waals surface area contributed by atoms with E-state index in [9.17, 15) is 13.2 Å². The number of nitrogens with one attached hydrogen (secondary N) is 2. The van der Waals surface area contributed by atoms with Crippen LogP contribution < -0.4 is 10.0 Å². The Bertz CT molecular complexity index is 1050. The fourth-order valence-corrected chi connectivity index (χ4v) is 4.27. The molecule has 2 N–H and O–H groups in total. The van der Waals surface area contributed by atoms with Crippen molar-refractivity contribution >= 4 is 38.1 Å². The number of aromatic nitrogens is 2. The molecule has 134 valence electrons. The Morgan fingerprint density at radius 2 is 1.77 bits per heavy atom. The largest absolute Gasteiger partial charge is 0.296 e. The lowest BCUT2D eigenvalue weighted by atomic mass is 10.1. The molecule has 0 radical (unpaired) electrons. The van der Waals surface area contributed by atoms with Gasteiger partial charge in [0.1, 0.15) is 0 Å². The molecule has 3 aromatic rings. The number of hydrogen-bond donors (Lipinski definition) is 2. The van der Waals surface area contributed by atoms with Crippen LogP contribution in [0.5, 0.6) is 0 Å². The van der Waals surface area contributed by atoms with Crippen molar-refractivity contribution in [1.82, 2.24) is 10.2 Å². The minimum Gasteiger partial charge on any atom is -0.296 e. The van der Waals surface area contributed by atoms with Crippen LogP contribution >= 0.6 is 11.3 Å². The summed E-state index contributed by atoms with van der Waals surface area (Å²) in [5, 5.41) is 10.1. The molecule has 1 aromatic heterocycles. The summed E-state index contributed by atoms with van der Waals surface area (Å²) in [6.45, 7) is 3.74. The second-order valence-corrected chi connectivity index (χ2v) is 8.45. The Hall–Kier alpha value is -2.78. The lowest BCUT2D eigenvalue weighted by molar-refractivity contribution is 0.102. The van der Waals surface area contributed by atoms with E-state index >= 15 is 0 Å². The quantitative estimate of drug-likeness (QED) is 0.654. The zero-order chi connectivity index (χ0) is 18.7. The summed E-state index contributed by atoms with van der Waals surface area (Å²) in [7, 11) is -3.88. The summed E-state index contributed by atoms with van der Waals surface area (Å²) in [5.74, 6) is -0.381. The first-order valence-electron chi connectivity index (χ1n) is 7.65. The van der Waals surface area contributed by atoms with Crippen LogP contribution in [0.3, 0.4) is 0 Å². The molecule has 0 fully saturated rings. The van der Waals surface area contributed by atoms with Gasteiger partial charge in [-0.2, -0.15) is 8.42 Å². The SMILES string of the molecule is Cc1ccc(NS(=O)(=O)c2nnc(NC(=O)c3ccccc3)s2)c(C)c1. The van der Waals surface area contributed by atoms with Gasteiger partial charge in [0.2, 0.25) is 5.13 Å². The average molecular weight is 388 g/mol. The number of benzene rings is 2. The molecule has 0 aliphatic carbocycles. The summed E-state index contributed by atoms with van der Waals surface area (Å²) in [6, 6.07) is 14.0. The maximum Gasteiger partial charge on any atom is 0.291 e. The summed E-state index contributed by atoms with van der Waals surface area (Å²) < 4.78 is 27.3. The second kappa shape index (κ2) is 7.22. The van der Waals surface area contributed by atoms with Gasteiger partial charge in [-0.05, 0) is 37.6 Å². The zero-order valence-corrected chi connectivity index (χ0v) is 15.7. The van der Waals surface area contributed by atoms with Crippen molar-refractivity contribution in [3.63, 3.8) is 0 Å². The summed E-state index contributed by atoms with van der Waals surface area (Å²) >= 11 is 0.786. The summed E-state index contributed by atoms with van der Waals surface area (Å²) in [4.78, 5) is 12.1. The molecule has 0 saturated heterocycles. The van der Waals surface area contributed by atoms with Crippen molar-refractivity contribution < 1.29 is 13.2 Å². The molecule has 7 nitrogen and oxygen atoms in total. The number of anilines is 2. The van der Waals surface area contributed by atoms with Crippen molar-refractivity contribution in [2.45, 2.75) is 18.2 Å². The Balaban J connectivity index is 1.77. The molecular weight excluding hydrogens is 372 g/mol. The van der Waals surface area contributed by atoms with Crippen LogP contribution in [-0.4, -0.2) is 24.5 Å². The highest BCUT2D eigenvalue weighted by molar-refractivity contribution is 7.94. The number of hydrogen-bond acceptors (Lipinski definition) is 6. The van der Waals surface area contributed by atoms with Gasteiger partial charge in [-0.1, -0.05) is 47.2 Å². The standard InChI is InChI=1S/C17H16N4O3S2/c1-11-8-9-14(12(2)10-11)21-26(23,24)17-20-19-16(25-17)18-15(22)13-6-4-3-5-7-13/h3-10,21H,1-2H3,(H,18,19,22). The molecule has 1 heterocycles. The van der Waals surface area contributed by atoms with Gasteiger partial charge < -0.3 is 0 Å². The first-order chi connectivity index (χ1) is 12.3. The third kappa shape index (κ3) is 4.06. The fourth-order valence-electron chi connectivity index (χ4n) is 2.24. The van der Waals surface area contributed by atoms with Crippen LogP contribution in [0.2, 0.25) is 0 Å². The van der Waals surface area contributed by atoms with E-state index in [0.717, 1.165) is 22.5 Å². The van der Waals surface area contributed by atoms with E-state index in [0.29, 0.717) is 11.3 Å². The molecule has 0 spiro atoms. The predicted octanol–water partition coefficient (Wildman–Crippen LogP) is 3.21. The normalized spacial score (nSPS) is 11.2. The highest BCUT2D eigenvalue weighted by Crippen LogP contribution is 2.24. The molecule has 0 unspecified atom stereocenters. The molecule has 0 bridgehead atoms. The van der Waals surface area contributed by atoms with Gasteiger partial charge in [-0.15, -0.1) is 10.2 Å². The van der Waals surface area contributed by atoms with Gasteiger partial charge in [0, 0.05) is 5.56 Å². The lowest BCUT2D eigenvalue weighted by Crippen LogP contribution is -2.13. The van der Waals surface area contributed by atoms with Gasteiger partial charge in [0.25, 0.3) is 20.3 Å². The van der Waals surface area contributed by atoms with E-state index in [1.165, 1.54) is 0 Å². The third-order valence-electron chi connectivity index (χ3n) is 3.52. The van der Waals surface area contributed by atoms with Crippen LogP contribution in [-0.2, 0) is 10.0 Å². The number of carbonyl (C=O) groups is 1. The molecule has 9 heteroatoms. The molecule has 0 atom stereocenters. The maximum atomic E-state index is 12.5. The Labute approximate surface area is 155 Å². The van der Waals surface area contributed by atoms with Crippen LogP contribution in [0.4, 0.5) is 10.8 Å². The first-order valence-corrected chi connectivity index (χ1v) is 9.95. The number of aryl methyl sites for hydroxylation is 2. The van der Waals surface area contributed by atoms with Gasteiger partial charge in [-0.3, -0.25) is 14.8 Å². The Kier molecular flexibility index (Phi) is 5.01. The van der Waals surface area contributed by atoms with Gasteiger partial charge in [-0.25, -0.2) is 0 Å². The summed E-state index contributed by atoms with van der Waals surface area (Å²) in [5.41, 5.74) is 2.75. The number of amides is 1. The summed E-state index contributed by atoms with van der Waals surface area (Å²) in [6.07, 6.45) is 0. The topological polar surface area (TPSA) is 101 Å². The molecule has 26 heavy (non-hydrogen) atoms. The van der Waals surface area contributed by atoms with E-state index in [1.54, 1.807) is 36.4 Å². The third-order valence-corrected chi connectivity index (χ3v) is 6.09.